The molecule has 0 spiro atoms. The first-order chi connectivity index (χ1) is 5.77. The van der Waals surface area contributed by atoms with Crippen LogP contribution in [0.3, 0.4) is 0 Å². The van der Waals surface area contributed by atoms with Crippen molar-refractivity contribution in [3.05, 3.63) is 0 Å². The molecule has 0 aromatic rings. The number of hydrogen-bond donors (Lipinski definition) is 1. The second kappa shape index (κ2) is 4.06. The average Bonchev–Trinajstić information content (AvgIpc) is 2.52. The first-order valence-electron chi connectivity index (χ1n) is 3.71. The number of nitrogens with zero attached hydrogens (tertiary/aromatic N) is 1. The fourth-order valence-corrected chi connectivity index (χ4v) is 1.21. The highest BCUT2D eigenvalue weighted by molar-refractivity contribution is 5.76. The Morgan fingerprint density at radius 1 is 1.75 bits per heavy atom. The summed E-state index contributed by atoms with van der Waals surface area (Å²) < 4.78 is 4.56. The smallest absolute Gasteiger partial charge is 0.323 e. The molecule has 1 aliphatic rings. The number of ether oxygens (including phenoxy) is 1. The van der Waals surface area contributed by atoms with E-state index < -0.39 is 0 Å². The lowest BCUT2D eigenvalue weighted by Gasteiger charge is -2.06. The van der Waals surface area contributed by atoms with Crippen molar-refractivity contribution in [1.82, 2.24) is 5.32 Å². The molecular formula is C7H12N2O3. The summed E-state index contributed by atoms with van der Waals surface area (Å²) in [4.78, 5) is 15.8. The molecule has 0 aromatic heterocycles. The number of hydrogen-bond acceptors (Lipinski definition) is 5. The molecule has 1 rings (SSSR count). The van der Waals surface area contributed by atoms with Gasteiger partial charge in [0.2, 0.25) is 0 Å². The molecule has 68 valence electrons. The Morgan fingerprint density at radius 2 is 2.50 bits per heavy atom. The van der Waals surface area contributed by atoms with E-state index in [1.807, 2.05) is 0 Å². The quantitative estimate of drug-likeness (QED) is 0.355. The fourth-order valence-electron chi connectivity index (χ4n) is 1.21. The van der Waals surface area contributed by atoms with Gasteiger partial charge >= 0.3 is 5.97 Å². The van der Waals surface area contributed by atoms with Gasteiger partial charge in [-0.25, -0.2) is 0 Å². The molecule has 2 atom stereocenters. The molecule has 1 aliphatic heterocycles. The third-order valence-electron chi connectivity index (χ3n) is 1.80. The van der Waals surface area contributed by atoms with E-state index in [0.29, 0.717) is 13.0 Å². The van der Waals surface area contributed by atoms with Crippen LogP contribution in [0.5, 0.6) is 0 Å². The van der Waals surface area contributed by atoms with E-state index in [0.717, 1.165) is 0 Å². The van der Waals surface area contributed by atoms with Crippen LogP contribution in [0.25, 0.3) is 0 Å². The number of carbonyl (C=O) groups is 1. The highest BCUT2D eigenvalue weighted by Gasteiger charge is 2.31. The molecule has 0 aliphatic carbocycles. The average molecular weight is 172 g/mol. The number of rotatable bonds is 3. The van der Waals surface area contributed by atoms with Crippen LogP contribution < -0.4 is 5.32 Å². The van der Waals surface area contributed by atoms with Crippen LogP contribution in [0.2, 0.25) is 0 Å². The van der Waals surface area contributed by atoms with Gasteiger partial charge < -0.3 is 14.9 Å². The second-order valence-electron chi connectivity index (χ2n) is 2.58. The van der Waals surface area contributed by atoms with Gasteiger partial charge in [-0.15, -0.1) is 5.16 Å². The van der Waals surface area contributed by atoms with Crippen LogP contribution in [0, 0.1) is 0 Å². The summed E-state index contributed by atoms with van der Waals surface area (Å²) in [5, 5.41) is 6.25. The molecule has 0 saturated carbocycles. The molecule has 1 heterocycles. The minimum Gasteiger partial charge on any atom is -0.468 e. The molecule has 1 saturated heterocycles. The first kappa shape index (κ1) is 8.99. The Balaban J connectivity index is 2.34. The zero-order valence-corrected chi connectivity index (χ0v) is 6.95. The molecule has 5 heteroatoms. The number of oxime groups is 1. The Labute approximate surface area is 70.7 Å². The molecule has 5 nitrogen and oxygen atoms in total. The van der Waals surface area contributed by atoms with Crippen LogP contribution in [-0.2, 0) is 14.4 Å². The Bertz CT molecular complexity index is 183. The Kier molecular flexibility index (Phi) is 3.04. The highest BCUT2D eigenvalue weighted by Crippen LogP contribution is 2.11. The van der Waals surface area contributed by atoms with Crippen LogP contribution in [0.1, 0.15) is 6.42 Å². The van der Waals surface area contributed by atoms with Crippen LogP contribution >= 0.6 is 0 Å². The van der Waals surface area contributed by atoms with Gasteiger partial charge in [-0.2, -0.15) is 0 Å². The maximum atomic E-state index is 11.0. The minimum atomic E-state index is -0.262. The predicted molar refractivity (Wildman–Crippen MR) is 42.8 cm³/mol. The van der Waals surface area contributed by atoms with E-state index in [9.17, 15) is 4.79 Å². The van der Waals surface area contributed by atoms with Crippen molar-refractivity contribution in [2.24, 2.45) is 5.16 Å². The predicted octanol–water partition coefficient (Wildman–Crippen LogP) is -0.478. The van der Waals surface area contributed by atoms with Gasteiger partial charge in [0.1, 0.15) is 12.1 Å². The van der Waals surface area contributed by atoms with Crippen molar-refractivity contribution < 1.29 is 14.4 Å². The maximum Gasteiger partial charge on any atom is 0.323 e. The lowest BCUT2D eigenvalue weighted by atomic mass is 10.2. The van der Waals surface area contributed by atoms with Crippen LogP contribution in [0.4, 0.5) is 0 Å². The van der Waals surface area contributed by atoms with Gasteiger partial charge in [0.25, 0.3) is 0 Å². The van der Waals surface area contributed by atoms with Gasteiger partial charge in [-0.3, -0.25) is 4.79 Å². The number of carbonyl (C=O) groups excluding carboxylic acids is 1. The summed E-state index contributed by atoms with van der Waals surface area (Å²) in [6.45, 7) is 3.81. The van der Waals surface area contributed by atoms with Crippen molar-refractivity contribution in [1.29, 1.82) is 0 Å². The third kappa shape index (κ3) is 1.94. The van der Waals surface area contributed by atoms with Gasteiger partial charge in [-0.1, -0.05) is 0 Å². The van der Waals surface area contributed by atoms with E-state index in [2.05, 4.69) is 21.9 Å². The van der Waals surface area contributed by atoms with E-state index in [4.69, 9.17) is 4.84 Å². The lowest BCUT2D eigenvalue weighted by molar-refractivity contribution is -0.142. The van der Waals surface area contributed by atoms with E-state index >= 15 is 0 Å². The van der Waals surface area contributed by atoms with Crippen LogP contribution in [-0.4, -0.2) is 38.5 Å². The molecule has 1 N–H and O–H groups in total. The molecule has 0 bridgehead atoms. The number of methoxy groups -OCH3 is 1. The molecule has 0 amide bonds. The second-order valence-corrected chi connectivity index (χ2v) is 2.58. The maximum absolute atomic E-state index is 11.0. The van der Waals surface area contributed by atoms with Gasteiger partial charge in [-0.05, 0) is 0 Å². The van der Waals surface area contributed by atoms with Crippen molar-refractivity contribution in [2.45, 2.75) is 18.6 Å². The van der Waals surface area contributed by atoms with Gasteiger partial charge in [0.05, 0.1) is 7.11 Å². The summed E-state index contributed by atoms with van der Waals surface area (Å²) in [5.74, 6) is -0.259. The molecular weight excluding hydrogens is 160 g/mol. The van der Waals surface area contributed by atoms with E-state index in [1.54, 1.807) is 0 Å². The minimum absolute atomic E-state index is 0.0633. The fraction of sp³-hybridized carbons (Fsp3) is 0.714. The first-order valence-corrected chi connectivity index (χ1v) is 3.71. The summed E-state index contributed by atoms with van der Waals surface area (Å²) in [5.41, 5.74) is 0. The van der Waals surface area contributed by atoms with E-state index in [-0.39, 0.29) is 18.1 Å². The van der Waals surface area contributed by atoms with Crippen molar-refractivity contribution in [3.63, 3.8) is 0 Å². The largest absolute Gasteiger partial charge is 0.468 e. The normalized spacial score (nSPS) is 28.1. The Morgan fingerprint density at radius 3 is 3.08 bits per heavy atom. The van der Waals surface area contributed by atoms with Crippen molar-refractivity contribution >= 4 is 12.7 Å². The summed E-state index contributed by atoms with van der Waals surface area (Å²) in [7, 11) is 1.37. The summed E-state index contributed by atoms with van der Waals surface area (Å²) in [6.07, 6.45) is 0.526. The summed E-state index contributed by atoms with van der Waals surface area (Å²) in [6, 6.07) is -0.262. The zero-order valence-electron chi connectivity index (χ0n) is 6.95. The van der Waals surface area contributed by atoms with E-state index in [1.165, 1.54) is 7.11 Å². The Hall–Kier alpha value is -1.10. The molecule has 0 aromatic carbocycles. The van der Waals surface area contributed by atoms with Crippen molar-refractivity contribution in [3.8, 4) is 0 Å². The standard InChI is InChI=1S/C7H12N2O3/c1-8-12-5-3-6(9-4-5)7(10)11-2/h5-6,9H,1,3-4H2,2H3/t5-,6+/m1/s1. The summed E-state index contributed by atoms with van der Waals surface area (Å²) >= 11 is 0. The lowest BCUT2D eigenvalue weighted by Crippen LogP contribution is -2.31. The van der Waals surface area contributed by atoms with Gasteiger partial charge in [0.15, 0.2) is 0 Å². The number of nitrogens with one attached hydrogen (secondary N) is 1. The topological polar surface area (TPSA) is 59.9 Å². The molecule has 1 fully saturated rings. The zero-order chi connectivity index (χ0) is 8.97. The van der Waals surface area contributed by atoms with Crippen molar-refractivity contribution in [2.75, 3.05) is 13.7 Å². The van der Waals surface area contributed by atoms with Crippen LogP contribution in [0.15, 0.2) is 5.16 Å². The SMILES string of the molecule is C=NO[C@H]1CN[C@H](C(=O)OC)C1. The molecule has 0 unspecified atom stereocenters. The monoisotopic (exact) mass is 172 g/mol. The van der Waals surface area contributed by atoms with Gasteiger partial charge in [0, 0.05) is 19.7 Å². The third-order valence-corrected chi connectivity index (χ3v) is 1.80. The highest BCUT2D eigenvalue weighted by atomic mass is 16.6. The molecule has 0 radical (unpaired) electrons. The molecule has 12 heavy (non-hydrogen) atoms. The number of esters is 1.